The maximum Gasteiger partial charge on any atom is 0.472 e. The van der Waals surface area contributed by atoms with Crippen molar-refractivity contribution in [3.63, 3.8) is 0 Å². The lowest BCUT2D eigenvalue weighted by Gasteiger charge is -2.21. The van der Waals surface area contributed by atoms with Gasteiger partial charge in [-0.3, -0.25) is 23.4 Å². The monoisotopic (exact) mass is 1170 g/mol. The summed E-state index contributed by atoms with van der Waals surface area (Å²) in [5, 5.41) is 9.88. The van der Waals surface area contributed by atoms with Gasteiger partial charge in [-0.2, -0.15) is 0 Å². The zero-order valence-corrected chi connectivity index (χ0v) is 53.8. The van der Waals surface area contributed by atoms with E-state index in [4.69, 9.17) is 23.3 Å². The summed E-state index contributed by atoms with van der Waals surface area (Å²) in [5.41, 5.74) is 0. The minimum absolute atomic E-state index is 0.150. The molecule has 0 aliphatic carbocycles. The second kappa shape index (κ2) is 63.9. The van der Waals surface area contributed by atoms with Crippen LogP contribution in [0.25, 0.3) is 0 Å². The van der Waals surface area contributed by atoms with Crippen molar-refractivity contribution in [3.8, 4) is 0 Å². The molecule has 0 saturated heterocycles. The summed E-state index contributed by atoms with van der Waals surface area (Å²) in [6, 6.07) is 0. The average molecular weight is 1170 g/mol. The van der Waals surface area contributed by atoms with Crippen LogP contribution >= 0.6 is 7.82 Å². The van der Waals surface area contributed by atoms with Crippen molar-refractivity contribution < 1.29 is 52.2 Å². The van der Waals surface area contributed by atoms with Crippen molar-refractivity contribution in [1.29, 1.82) is 0 Å². The van der Waals surface area contributed by atoms with E-state index in [2.05, 4.69) is 93.7 Å². The largest absolute Gasteiger partial charge is 0.472 e. The average Bonchev–Trinajstić information content (AvgIpc) is 3.47. The first-order valence-electron chi connectivity index (χ1n) is 33.8. The number of esters is 3. The fraction of sp³-hybridized carbons (Fsp3) is 0.786. The van der Waals surface area contributed by atoms with Gasteiger partial charge in [-0.05, 0) is 89.9 Å². The number of carbonyl (C=O) groups excluding carboxylic acids is 3. The molecule has 0 aliphatic rings. The Kier molecular flexibility index (Phi) is 61.5. The third kappa shape index (κ3) is 61.5. The predicted octanol–water partition coefficient (Wildman–Crippen LogP) is 20.8. The molecule has 0 aromatic heterocycles. The zero-order valence-electron chi connectivity index (χ0n) is 53.0. The molecule has 0 amide bonds. The minimum Gasteiger partial charge on any atom is -0.462 e. The van der Waals surface area contributed by atoms with Crippen molar-refractivity contribution in [3.05, 3.63) is 72.9 Å². The van der Waals surface area contributed by atoms with E-state index >= 15 is 0 Å². The van der Waals surface area contributed by atoms with E-state index in [1.807, 2.05) is 0 Å². The third-order valence-electron chi connectivity index (χ3n) is 14.6. The molecule has 2 N–H and O–H groups in total. The van der Waals surface area contributed by atoms with Crippen LogP contribution < -0.4 is 0 Å². The number of phosphoric ester groups is 1. The van der Waals surface area contributed by atoms with Gasteiger partial charge in [-0.1, -0.05) is 280 Å². The number of ether oxygens (including phenoxy) is 3. The molecule has 0 rings (SSSR count). The Morgan fingerprint density at radius 3 is 1.00 bits per heavy atom. The molecule has 0 spiro atoms. The van der Waals surface area contributed by atoms with E-state index in [-0.39, 0.29) is 25.9 Å². The Bertz CT molecular complexity index is 1650. The Morgan fingerprint density at radius 2 is 0.634 bits per heavy atom. The van der Waals surface area contributed by atoms with E-state index in [0.717, 1.165) is 122 Å². The van der Waals surface area contributed by atoms with E-state index in [0.29, 0.717) is 19.3 Å². The van der Waals surface area contributed by atoms with Gasteiger partial charge in [0, 0.05) is 19.3 Å². The van der Waals surface area contributed by atoms with Gasteiger partial charge in [0.15, 0.2) is 6.10 Å². The number of allylic oxidation sites excluding steroid dienone is 12. The van der Waals surface area contributed by atoms with Crippen LogP contribution in [-0.4, -0.2) is 66.5 Å². The van der Waals surface area contributed by atoms with E-state index in [9.17, 15) is 28.9 Å². The number of hydrogen-bond acceptors (Lipinski definition) is 10. The molecule has 3 atom stereocenters. The van der Waals surface area contributed by atoms with Gasteiger partial charge in [-0.15, -0.1) is 0 Å². The number of rotatable bonds is 63. The Labute approximate surface area is 503 Å². The van der Waals surface area contributed by atoms with Crippen LogP contribution in [0.2, 0.25) is 0 Å². The van der Waals surface area contributed by atoms with Crippen molar-refractivity contribution >= 4 is 25.7 Å². The second-order valence-electron chi connectivity index (χ2n) is 22.6. The van der Waals surface area contributed by atoms with Crippen LogP contribution in [0.5, 0.6) is 0 Å². The number of aliphatic hydroxyl groups is 1. The first kappa shape index (κ1) is 78.9. The van der Waals surface area contributed by atoms with Crippen molar-refractivity contribution in [2.75, 3.05) is 26.4 Å². The summed E-state index contributed by atoms with van der Waals surface area (Å²) in [7, 11) is -4.76. The molecule has 0 heterocycles. The quantitative estimate of drug-likeness (QED) is 0.0197. The van der Waals surface area contributed by atoms with Crippen LogP contribution in [0, 0.1) is 0 Å². The lowest BCUT2D eigenvalue weighted by atomic mass is 10.0. The van der Waals surface area contributed by atoms with Crippen LogP contribution in [-0.2, 0) is 42.2 Å². The number of phosphoric acid groups is 1. The lowest BCUT2D eigenvalue weighted by molar-refractivity contribution is -0.161. The van der Waals surface area contributed by atoms with Gasteiger partial charge in [0.05, 0.1) is 19.8 Å². The van der Waals surface area contributed by atoms with Gasteiger partial charge in [0.1, 0.15) is 12.7 Å². The second-order valence-corrected chi connectivity index (χ2v) is 24.1. The molecule has 0 radical (unpaired) electrons. The molecule has 0 aromatic carbocycles. The number of hydrogen-bond donors (Lipinski definition) is 2. The van der Waals surface area contributed by atoms with Crippen LogP contribution in [0.15, 0.2) is 72.9 Å². The van der Waals surface area contributed by atoms with Crippen molar-refractivity contribution in [2.45, 2.75) is 328 Å². The number of carbonyl (C=O) groups is 3. The predicted molar refractivity (Wildman–Crippen MR) is 344 cm³/mol. The summed E-state index contributed by atoms with van der Waals surface area (Å²) in [4.78, 5) is 48.8. The first-order chi connectivity index (χ1) is 40.2. The summed E-state index contributed by atoms with van der Waals surface area (Å²) in [6.45, 7) is 4.55. The van der Waals surface area contributed by atoms with Gasteiger partial charge < -0.3 is 24.2 Å². The topological polar surface area (TPSA) is 155 Å². The fourth-order valence-electron chi connectivity index (χ4n) is 9.50. The smallest absolute Gasteiger partial charge is 0.462 e. The fourth-order valence-corrected chi connectivity index (χ4v) is 10.3. The molecule has 0 aromatic rings. The van der Waals surface area contributed by atoms with Gasteiger partial charge in [-0.25, -0.2) is 4.57 Å². The molecule has 0 aliphatic heterocycles. The summed E-state index contributed by atoms with van der Waals surface area (Å²) in [5.74, 6) is -1.47. The summed E-state index contributed by atoms with van der Waals surface area (Å²) < 4.78 is 39.8. The van der Waals surface area contributed by atoms with Crippen LogP contribution in [0.3, 0.4) is 0 Å². The van der Waals surface area contributed by atoms with Crippen molar-refractivity contribution in [1.82, 2.24) is 0 Å². The highest BCUT2D eigenvalue weighted by Crippen LogP contribution is 2.43. The highest BCUT2D eigenvalue weighted by atomic mass is 31.2. The minimum atomic E-state index is -4.76. The molecule has 0 fully saturated rings. The highest BCUT2D eigenvalue weighted by Gasteiger charge is 2.28. The molecule has 82 heavy (non-hydrogen) atoms. The normalized spacial score (nSPS) is 13.7. The zero-order chi connectivity index (χ0) is 59.8. The lowest BCUT2D eigenvalue weighted by Crippen LogP contribution is -2.30. The molecule has 12 heteroatoms. The first-order valence-corrected chi connectivity index (χ1v) is 35.3. The maximum absolute atomic E-state index is 13.0. The standard InChI is InChI=1S/C70H125O11P/c1-4-7-10-13-16-19-22-25-28-31-33-36-39-42-45-48-51-54-57-60-69(73)80-66(62-71)64-78-82(75,76)79-65-67(63-77-68(72)59-56-53-50-47-44-41-38-35-30-27-24-21-18-15-12-9-6-3)81-70(74)61-58-55-52-49-46-43-40-37-34-32-29-26-23-20-17-14-11-8-5-2/h9,12,17-18,20-21,26-27,29-30,34,37,66-67,71H,4-8,10-11,13-16,19,22-25,28,31-33,35-36,38-65H2,1-3H3,(H,75,76)/b12-9-,20-17-,21-18-,29-26-,30-27-,37-34-. The summed E-state index contributed by atoms with van der Waals surface area (Å²) in [6.07, 6.45) is 74.2. The molecule has 0 bridgehead atoms. The van der Waals surface area contributed by atoms with Gasteiger partial charge in [0.2, 0.25) is 0 Å². The van der Waals surface area contributed by atoms with Crippen LogP contribution in [0.1, 0.15) is 316 Å². The molecular formula is C70H125O11P. The maximum atomic E-state index is 13.0. The number of aliphatic hydroxyl groups excluding tert-OH is 1. The van der Waals surface area contributed by atoms with E-state index in [1.165, 1.54) is 135 Å². The highest BCUT2D eigenvalue weighted by molar-refractivity contribution is 7.47. The molecule has 11 nitrogen and oxygen atoms in total. The van der Waals surface area contributed by atoms with Crippen LogP contribution in [0.4, 0.5) is 0 Å². The van der Waals surface area contributed by atoms with E-state index < -0.39 is 57.8 Å². The van der Waals surface area contributed by atoms with Gasteiger partial charge >= 0.3 is 25.7 Å². The third-order valence-corrected chi connectivity index (χ3v) is 15.6. The summed E-state index contributed by atoms with van der Waals surface area (Å²) >= 11 is 0. The van der Waals surface area contributed by atoms with Gasteiger partial charge in [0.25, 0.3) is 0 Å². The molecule has 3 unspecified atom stereocenters. The Morgan fingerprint density at radius 1 is 0.354 bits per heavy atom. The van der Waals surface area contributed by atoms with Crippen molar-refractivity contribution in [2.24, 2.45) is 0 Å². The SMILES string of the molecule is CC/C=C\C/C=C\C/C=C\CCCCCCCCCC(=O)OCC(COP(=O)(O)OCC(CO)OC(=O)CCCCCCCCCCCCCCCCCCCCC)OC(=O)CCCCCCCC/C=C\C/C=C\C/C=C\CCCCC. The Balaban J connectivity index is 4.68. The molecule has 476 valence electrons. The number of unbranched alkanes of at least 4 members (excludes halogenated alkanes) is 34. The van der Waals surface area contributed by atoms with E-state index in [1.54, 1.807) is 0 Å². The Hall–Kier alpha value is -3.08. The molecular weight excluding hydrogens is 1050 g/mol. The molecule has 0 saturated carbocycles.